The number of halogens is 1. The minimum atomic E-state index is -0.167. The molecule has 2 nitrogen and oxygen atoms in total. The predicted molar refractivity (Wildman–Crippen MR) is 70.0 cm³/mol. The second-order valence-electron chi connectivity index (χ2n) is 3.22. The molecule has 4 heteroatoms. The molecule has 1 aromatic carbocycles. The van der Waals surface area contributed by atoms with E-state index in [1.54, 1.807) is 6.08 Å². The van der Waals surface area contributed by atoms with Crippen LogP contribution in [0.4, 0.5) is 0 Å². The minimum absolute atomic E-state index is 0.00943. The molecule has 1 N–H and O–H groups in total. The fourth-order valence-corrected chi connectivity index (χ4v) is 2.28. The van der Waals surface area contributed by atoms with Gasteiger partial charge < -0.3 is 5.32 Å². The molecule has 0 aliphatic rings. The summed E-state index contributed by atoms with van der Waals surface area (Å²) in [5.41, 5.74) is 0. The highest BCUT2D eigenvalue weighted by atomic mass is 35.5. The van der Waals surface area contributed by atoms with Gasteiger partial charge in [-0.15, -0.1) is 18.3 Å². The van der Waals surface area contributed by atoms with Gasteiger partial charge in [0.05, 0.1) is 10.3 Å². The maximum Gasteiger partial charge on any atom is 0.233 e. The van der Waals surface area contributed by atoms with Crippen molar-refractivity contribution in [2.24, 2.45) is 0 Å². The average molecular weight is 256 g/mol. The summed E-state index contributed by atoms with van der Waals surface area (Å²) in [6.45, 7) is 5.89. The SMILES string of the molecule is C=CCNC(=O)C(C)Sc1ccccc1Cl. The molecule has 1 atom stereocenters. The zero-order chi connectivity index (χ0) is 12.0. The summed E-state index contributed by atoms with van der Waals surface area (Å²) in [7, 11) is 0. The van der Waals surface area contributed by atoms with Crippen LogP contribution in [0.15, 0.2) is 41.8 Å². The molecule has 0 bridgehead atoms. The zero-order valence-electron chi connectivity index (χ0n) is 9.07. The Labute approximate surface area is 105 Å². The van der Waals surface area contributed by atoms with E-state index in [-0.39, 0.29) is 11.2 Å². The first kappa shape index (κ1) is 13.1. The molecular formula is C12H14ClNOS. The van der Waals surface area contributed by atoms with Crippen LogP contribution in [0.3, 0.4) is 0 Å². The molecule has 0 aromatic heterocycles. The summed E-state index contributed by atoms with van der Waals surface area (Å²) in [5.74, 6) is -0.00943. The van der Waals surface area contributed by atoms with E-state index >= 15 is 0 Å². The highest BCUT2D eigenvalue weighted by Crippen LogP contribution is 2.29. The van der Waals surface area contributed by atoms with E-state index in [0.717, 1.165) is 4.90 Å². The van der Waals surface area contributed by atoms with Crippen LogP contribution in [-0.2, 0) is 4.79 Å². The Balaban J connectivity index is 2.57. The summed E-state index contributed by atoms with van der Waals surface area (Å²) in [5, 5.41) is 3.26. The van der Waals surface area contributed by atoms with Gasteiger partial charge in [0.2, 0.25) is 5.91 Å². The van der Waals surface area contributed by atoms with E-state index in [4.69, 9.17) is 11.6 Å². The molecule has 0 heterocycles. The Kier molecular flexibility index (Phi) is 5.43. The number of amides is 1. The molecule has 0 aliphatic carbocycles. The van der Waals surface area contributed by atoms with Gasteiger partial charge in [-0.25, -0.2) is 0 Å². The normalized spacial score (nSPS) is 11.9. The maximum absolute atomic E-state index is 11.6. The van der Waals surface area contributed by atoms with Crippen LogP contribution in [0.1, 0.15) is 6.92 Å². The van der Waals surface area contributed by atoms with E-state index in [1.165, 1.54) is 11.8 Å². The minimum Gasteiger partial charge on any atom is -0.352 e. The van der Waals surface area contributed by atoms with Crippen molar-refractivity contribution in [1.29, 1.82) is 0 Å². The first-order chi connectivity index (χ1) is 7.65. The van der Waals surface area contributed by atoms with Crippen LogP contribution in [0.25, 0.3) is 0 Å². The van der Waals surface area contributed by atoms with Gasteiger partial charge in [0.1, 0.15) is 0 Å². The number of benzene rings is 1. The quantitative estimate of drug-likeness (QED) is 0.647. The molecule has 1 unspecified atom stereocenters. The van der Waals surface area contributed by atoms with Gasteiger partial charge in [0, 0.05) is 11.4 Å². The van der Waals surface area contributed by atoms with Crippen LogP contribution in [0, 0.1) is 0 Å². The third kappa shape index (κ3) is 3.91. The summed E-state index contributed by atoms with van der Waals surface area (Å²) < 4.78 is 0. The molecule has 0 radical (unpaired) electrons. The van der Waals surface area contributed by atoms with E-state index in [9.17, 15) is 4.79 Å². The number of hydrogen-bond donors (Lipinski definition) is 1. The summed E-state index contributed by atoms with van der Waals surface area (Å²) in [6, 6.07) is 7.50. The van der Waals surface area contributed by atoms with E-state index in [1.807, 2.05) is 31.2 Å². The van der Waals surface area contributed by atoms with Crippen molar-refractivity contribution in [1.82, 2.24) is 5.32 Å². The van der Waals surface area contributed by atoms with Gasteiger partial charge in [0.25, 0.3) is 0 Å². The number of nitrogens with one attached hydrogen (secondary N) is 1. The molecule has 0 aliphatic heterocycles. The van der Waals surface area contributed by atoms with Crippen LogP contribution >= 0.6 is 23.4 Å². The second-order valence-corrected chi connectivity index (χ2v) is 5.01. The lowest BCUT2D eigenvalue weighted by atomic mass is 10.4. The van der Waals surface area contributed by atoms with Crippen molar-refractivity contribution in [2.75, 3.05) is 6.54 Å². The van der Waals surface area contributed by atoms with E-state index in [2.05, 4.69) is 11.9 Å². The number of carbonyl (C=O) groups excluding carboxylic acids is 1. The monoisotopic (exact) mass is 255 g/mol. The molecule has 0 saturated carbocycles. The summed E-state index contributed by atoms with van der Waals surface area (Å²) >= 11 is 7.46. The maximum atomic E-state index is 11.6. The molecule has 0 spiro atoms. The van der Waals surface area contributed by atoms with Gasteiger partial charge in [-0.1, -0.05) is 29.8 Å². The standard InChI is InChI=1S/C12H14ClNOS/c1-3-8-14-12(15)9(2)16-11-7-5-4-6-10(11)13/h3-7,9H,1,8H2,2H3,(H,14,15). The van der Waals surface area contributed by atoms with Gasteiger partial charge in [-0.2, -0.15) is 0 Å². The Morgan fingerprint density at radius 1 is 1.62 bits per heavy atom. The highest BCUT2D eigenvalue weighted by molar-refractivity contribution is 8.00. The van der Waals surface area contributed by atoms with Crippen molar-refractivity contribution in [3.63, 3.8) is 0 Å². The van der Waals surface area contributed by atoms with Gasteiger partial charge in [0.15, 0.2) is 0 Å². The van der Waals surface area contributed by atoms with Gasteiger partial charge >= 0.3 is 0 Å². The number of carbonyl (C=O) groups is 1. The Bertz CT molecular complexity index is 381. The van der Waals surface area contributed by atoms with Crippen molar-refractivity contribution < 1.29 is 4.79 Å². The molecule has 1 rings (SSSR count). The molecule has 1 amide bonds. The number of rotatable bonds is 5. The van der Waals surface area contributed by atoms with Crippen LogP contribution < -0.4 is 5.32 Å². The van der Waals surface area contributed by atoms with Crippen molar-refractivity contribution in [2.45, 2.75) is 17.1 Å². The lowest BCUT2D eigenvalue weighted by Gasteiger charge is -2.11. The highest BCUT2D eigenvalue weighted by Gasteiger charge is 2.14. The Hall–Kier alpha value is -0.930. The largest absolute Gasteiger partial charge is 0.352 e. The van der Waals surface area contributed by atoms with Crippen molar-refractivity contribution in [3.8, 4) is 0 Å². The van der Waals surface area contributed by atoms with Crippen molar-refractivity contribution >= 4 is 29.3 Å². The van der Waals surface area contributed by atoms with Crippen LogP contribution in [-0.4, -0.2) is 17.7 Å². The van der Waals surface area contributed by atoms with Crippen LogP contribution in [0.2, 0.25) is 5.02 Å². The topological polar surface area (TPSA) is 29.1 Å². The Morgan fingerprint density at radius 3 is 2.94 bits per heavy atom. The van der Waals surface area contributed by atoms with Crippen molar-refractivity contribution in [3.05, 3.63) is 41.9 Å². The lowest BCUT2D eigenvalue weighted by molar-refractivity contribution is -0.120. The average Bonchev–Trinajstić information content (AvgIpc) is 2.28. The van der Waals surface area contributed by atoms with Gasteiger partial charge in [-0.3, -0.25) is 4.79 Å². The van der Waals surface area contributed by atoms with Crippen LogP contribution in [0.5, 0.6) is 0 Å². The fourth-order valence-electron chi connectivity index (χ4n) is 1.10. The van der Waals surface area contributed by atoms with Gasteiger partial charge in [-0.05, 0) is 19.1 Å². The lowest BCUT2D eigenvalue weighted by Crippen LogP contribution is -2.30. The molecular weight excluding hydrogens is 242 g/mol. The molecule has 1 aromatic rings. The fraction of sp³-hybridized carbons (Fsp3) is 0.250. The third-order valence-electron chi connectivity index (χ3n) is 1.93. The van der Waals surface area contributed by atoms with E-state index in [0.29, 0.717) is 11.6 Å². The predicted octanol–water partition coefficient (Wildman–Crippen LogP) is 3.12. The first-order valence-corrected chi connectivity index (χ1v) is 6.20. The zero-order valence-corrected chi connectivity index (χ0v) is 10.6. The van der Waals surface area contributed by atoms with E-state index < -0.39 is 0 Å². The second kappa shape index (κ2) is 6.61. The number of thioether (sulfide) groups is 1. The summed E-state index contributed by atoms with van der Waals surface area (Å²) in [6.07, 6.45) is 1.66. The third-order valence-corrected chi connectivity index (χ3v) is 3.55. The smallest absolute Gasteiger partial charge is 0.233 e. The summed E-state index contributed by atoms with van der Waals surface area (Å²) in [4.78, 5) is 12.5. The molecule has 0 saturated heterocycles. The first-order valence-electron chi connectivity index (χ1n) is 4.95. The number of hydrogen-bond acceptors (Lipinski definition) is 2. The Morgan fingerprint density at radius 2 is 2.31 bits per heavy atom. The molecule has 16 heavy (non-hydrogen) atoms. The molecule has 86 valence electrons. The molecule has 0 fully saturated rings.